The van der Waals surface area contributed by atoms with E-state index in [0.29, 0.717) is 26.1 Å². The predicted octanol–water partition coefficient (Wildman–Crippen LogP) is -0.735. The summed E-state index contributed by atoms with van der Waals surface area (Å²) in [6.07, 6.45) is 7.10. The van der Waals surface area contributed by atoms with Crippen molar-refractivity contribution in [2.75, 3.05) is 38.1 Å². The molecule has 2 saturated heterocycles. The van der Waals surface area contributed by atoms with Gasteiger partial charge in [-0.15, -0.1) is 0 Å². The molecule has 146 valence electrons. The number of carbonyl (C=O) groups excluding carboxylic acids is 1. The van der Waals surface area contributed by atoms with Crippen LogP contribution in [0.2, 0.25) is 0 Å². The highest BCUT2D eigenvalue weighted by atomic mass is 32.2. The Morgan fingerprint density at radius 1 is 1.15 bits per heavy atom. The molecule has 1 amide bonds. The third-order valence-corrected chi connectivity index (χ3v) is 7.25. The zero-order chi connectivity index (χ0) is 19.4. The molecular weight excluding hydrogens is 370 g/mol. The lowest BCUT2D eigenvalue weighted by Crippen LogP contribution is -2.64. The van der Waals surface area contributed by atoms with Crippen molar-refractivity contribution in [3.8, 4) is 0 Å². The second-order valence-electron chi connectivity index (χ2n) is 7.40. The summed E-state index contributed by atoms with van der Waals surface area (Å²) in [5, 5.41) is 4.21. The number of imidazole rings is 1. The van der Waals surface area contributed by atoms with E-state index in [1.807, 2.05) is 11.9 Å². The number of likely N-dealkylation sites (N-methyl/N-ethyl adjacent to an activating group) is 1. The smallest absolute Gasteiger partial charge is 0.262 e. The molecule has 0 bridgehead atoms. The molecule has 2 aromatic heterocycles. The Hall–Kier alpha value is -2.24. The van der Waals surface area contributed by atoms with Crippen molar-refractivity contribution in [2.45, 2.75) is 17.0 Å². The van der Waals surface area contributed by atoms with E-state index in [4.69, 9.17) is 0 Å². The normalized spacial score (nSPS) is 25.0. The fourth-order valence-electron chi connectivity index (χ4n) is 3.86. The van der Waals surface area contributed by atoms with Gasteiger partial charge in [0.2, 0.25) is 5.91 Å². The molecule has 2 fully saturated rings. The van der Waals surface area contributed by atoms with Gasteiger partial charge in [0.25, 0.3) is 10.0 Å². The average Bonchev–Trinajstić information content (AvgIpc) is 3.32. The van der Waals surface area contributed by atoms with Crippen LogP contribution < -0.4 is 4.90 Å². The van der Waals surface area contributed by atoms with E-state index in [2.05, 4.69) is 10.1 Å². The minimum atomic E-state index is -3.65. The van der Waals surface area contributed by atoms with Gasteiger partial charge in [-0.25, -0.2) is 13.4 Å². The lowest BCUT2D eigenvalue weighted by Gasteiger charge is -2.46. The van der Waals surface area contributed by atoms with Gasteiger partial charge < -0.3 is 9.47 Å². The largest absolute Gasteiger partial charge is 0.339 e. The van der Waals surface area contributed by atoms with E-state index in [9.17, 15) is 13.2 Å². The van der Waals surface area contributed by atoms with Crippen molar-refractivity contribution in [2.24, 2.45) is 14.1 Å². The van der Waals surface area contributed by atoms with Crippen molar-refractivity contribution in [3.63, 3.8) is 0 Å². The molecule has 27 heavy (non-hydrogen) atoms. The number of hydrogen-bond donors (Lipinski definition) is 0. The Kier molecular flexibility index (Phi) is 4.13. The number of sulfonamides is 1. The zero-order valence-corrected chi connectivity index (χ0v) is 16.4. The third-order valence-electron chi connectivity index (χ3n) is 5.52. The van der Waals surface area contributed by atoms with Gasteiger partial charge in [-0.2, -0.15) is 9.40 Å². The first kappa shape index (κ1) is 18.1. The number of nitrogens with zero attached hydrogens (tertiary/aromatic N) is 7. The first-order valence-electron chi connectivity index (χ1n) is 8.70. The Balaban J connectivity index is 1.60. The average molecular weight is 393 g/mol. The van der Waals surface area contributed by atoms with Crippen LogP contribution in [0.3, 0.4) is 0 Å². The van der Waals surface area contributed by atoms with Crippen molar-refractivity contribution < 1.29 is 13.2 Å². The van der Waals surface area contributed by atoms with Crippen LogP contribution in [0, 0.1) is 0 Å². The van der Waals surface area contributed by atoms with E-state index in [1.54, 1.807) is 40.6 Å². The van der Waals surface area contributed by atoms with Crippen LogP contribution in [0.1, 0.15) is 6.42 Å². The van der Waals surface area contributed by atoms with Crippen LogP contribution in [-0.2, 0) is 28.9 Å². The first-order chi connectivity index (χ1) is 12.7. The molecule has 0 unspecified atom stereocenters. The van der Waals surface area contributed by atoms with Crippen LogP contribution >= 0.6 is 0 Å². The molecule has 1 atom stereocenters. The molecular formula is C16H23N7O3S. The maximum Gasteiger partial charge on any atom is 0.262 e. The molecule has 2 aromatic rings. The monoisotopic (exact) mass is 393 g/mol. The van der Waals surface area contributed by atoms with Crippen LogP contribution in [0.25, 0.3) is 0 Å². The van der Waals surface area contributed by atoms with Crippen molar-refractivity contribution >= 4 is 21.6 Å². The van der Waals surface area contributed by atoms with Crippen molar-refractivity contribution in [1.82, 2.24) is 28.5 Å². The maximum atomic E-state index is 12.9. The quantitative estimate of drug-likeness (QED) is 0.682. The van der Waals surface area contributed by atoms with Gasteiger partial charge in [0.15, 0.2) is 5.03 Å². The number of rotatable bonds is 3. The van der Waals surface area contributed by atoms with Crippen molar-refractivity contribution in [3.05, 3.63) is 24.9 Å². The number of carbonyl (C=O) groups is 1. The van der Waals surface area contributed by atoms with E-state index >= 15 is 0 Å². The highest BCUT2D eigenvalue weighted by Gasteiger charge is 2.50. The van der Waals surface area contributed by atoms with E-state index in [1.165, 1.54) is 16.8 Å². The van der Waals surface area contributed by atoms with Crippen LogP contribution in [0.4, 0.5) is 5.69 Å². The van der Waals surface area contributed by atoms with Crippen molar-refractivity contribution in [1.29, 1.82) is 0 Å². The molecule has 0 radical (unpaired) electrons. The number of piperazine rings is 1. The topological polar surface area (TPSA) is 96.6 Å². The summed E-state index contributed by atoms with van der Waals surface area (Å²) in [5.41, 5.74) is 0.312. The van der Waals surface area contributed by atoms with Gasteiger partial charge in [-0.1, -0.05) is 0 Å². The highest BCUT2D eigenvalue weighted by molar-refractivity contribution is 7.89. The summed E-state index contributed by atoms with van der Waals surface area (Å²) < 4.78 is 30.6. The molecule has 4 heterocycles. The van der Waals surface area contributed by atoms with E-state index < -0.39 is 15.6 Å². The van der Waals surface area contributed by atoms with Crippen LogP contribution in [0.5, 0.6) is 0 Å². The number of aryl methyl sites for hydroxylation is 2. The summed E-state index contributed by atoms with van der Waals surface area (Å²) in [6.45, 7) is 1.40. The Bertz CT molecular complexity index is 982. The van der Waals surface area contributed by atoms with Gasteiger partial charge >= 0.3 is 0 Å². The second kappa shape index (κ2) is 6.14. The standard InChI is InChI=1S/C16H23N7O3S/c1-19-8-14(17-12-19)27(25,26)22-5-4-16(10-22)11-23(15(24)9-20(16)2)13-6-18-21(3)7-13/h6-8,12H,4-5,9-11H2,1-3H3/t16-/m0/s1. The van der Waals surface area contributed by atoms with Crippen LogP contribution in [0.15, 0.2) is 29.9 Å². The molecule has 4 rings (SSSR count). The maximum absolute atomic E-state index is 12.9. The fourth-order valence-corrected chi connectivity index (χ4v) is 5.35. The van der Waals surface area contributed by atoms with Gasteiger partial charge in [-0.05, 0) is 13.5 Å². The van der Waals surface area contributed by atoms with Gasteiger partial charge in [0, 0.05) is 46.1 Å². The summed E-state index contributed by atoms with van der Waals surface area (Å²) in [5.74, 6) is -0.0119. The van der Waals surface area contributed by atoms with Gasteiger partial charge in [0.1, 0.15) is 0 Å². The summed E-state index contributed by atoms with van der Waals surface area (Å²) in [4.78, 5) is 20.3. The Labute approximate surface area is 158 Å². The molecule has 10 nitrogen and oxygen atoms in total. The number of aromatic nitrogens is 4. The van der Waals surface area contributed by atoms with Gasteiger partial charge in [0.05, 0.1) is 30.3 Å². The number of amides is 1. The first-order valence-corrected chi connectivity index (χ1v) is 10.1. The molecule has 11 heteroatoms. The molecule has 2 aliphatic heterocycles. The summed E-state index contributed by atoms with van der Waals surface area (Å²) in [7, 11) is 1.77. The second-order valence-corrected chi connectivity index (χ2v) is 9.28. The summed E-state index contributed by atoms with van der Waals surface area (Å²) >= 11 is 0. The molecule has 0 N–H and O–H groups in total. The highest BCUT2D eigenvalue weighted by Crippen LogP contribution is 2.35. The predicted molar refractivity (Wildman–Crippen MR) is 97.5 cm³/mol. The minimum absolute atomic E-state index is 0.0119. The molecule has 2 aliphatic rings. The fraction of sp³-hybridized carbons (Fsp3) is 0.562. The van der Waals surface area contributed by atoms with E-state index in [0.717, 1.165) is 5.69 Å². The number of anilines is 1. The lowest BCUT2D eigenvalue weighted by molar-refractivity contribution is -0.123. The molecule has 0 aromatic carbocycles. The molecule has 1 spiro atoms. The zero-order valence-electron chi connectivity index (χ0n) is 15.6. The lowest BCUT2D eigenvalue weighted by atomic mass is 9.93. The Morgan fingerprint density at radius 3 is 2.56 bits per heavy atom. The molecule has 0 saturated carbocycles. The van der Waals surface area contributed by atoms with E-state index in [-0.39, 0.29) is 17.5 Å². The van der Waals surface area contributed by atoms with Gasteiger partial charge in [-0.3, -0.25) is 14.4 Å². The SMILES string of the molecule is CN1CC(=O)N(c2cnn(C)c2)C[C@@]12CCN(S(=O)(=O)c1cn(C)cn1)C2. The summed E-state index contributed by atoms with van der Waals surface area (Å²) in [6, 6.07) is 0. The number of hydrogen-bond acceptors (Lipinski definition) is 6. The third kappa shape index (κ3) is 2.95. The Morgan fingerprint density at radius 2 is 1.93 bits per heavy atom. The minimum Gasteiger partial charge on any atom is -0.339 e. The molecule has 0 aliphatic carbocycles. The van der Waals surface area contributed by atoms with Crippen LogP contribution in [-0.4, -0.2) is 81.6 Å².